The van der Waals surface area contributed by atoms with E-state index in [2.05, 4.69) is 149 Å². The molecule has 0 fully saturated rings. The van der Waals surface area contributed by atoms with Gasteiger partial charge in [0.2, 0.25) is 0 Å². The molecule has 2 rings (SSSR count). The van der Waals surface area contributed by atoms with Gasteiger partial charge >= 0.3 is 0 Å². The summed E-state index contributed by atoms with van der Waals surface area (Å²) in [7, 11) is 0. The van der Waals surface area contributed by atoms with Crippen LogP contribution in [0.2, 0.25) is 0 Å². The summed E-state index contributed by atoms with van der Waals surface area (Å²) >= 11 is 0. The van der Waals surface area contributed by atoms with Crippen molar-refractivity contribution >= 4 is 0 Å². The van der Waals surface area contributed by atoms with Gasteiger partial charge in [0, 0.05) is 0 Å². The predicted octanol–water partition coefficient (Wildman–Crippen LogP) is 11.6. The number of rotatable bonds is 4. The van der Waals surface area contributed by atoms with Gasteiger partial charge in [-0.15, -0.1) is 0 Å². The van der Waals surface area contributed by atoms with E-state index in [1.165, 1.54) is 17.5 Å². The molecule has 0 aliphatic carbocycles. The smallest absolute Gasteiger partial charge is 0.0126 e. The van der Waals surface area contributed by atoms with Crippen LogP contribution in [0.15, 0.2) is 24.3 Å². The number of benzene rings is 2. The van der Waals surface area contributed by atoms with Gasteiger partial charge < -0.3 is 0 Å². The van der Waals surface area contributed by atoms with Crippen LogP contribution in [0.3, 0.4) is 0 Å². The summed E-state index contributed by atoms with van der Waals surface area (Å²) in [4.78, 5) is 0. The highest BCUT2D eigenvalue weighted by atomic mass is 14.5. The van der Waals surface area contributed by atoms with Crippen LogP contribution >= 0.6 is 0 Å². The summed E-state index contributed by atoms with van der Waals surface area (Å²) in [6.07, 6.45) is 3.41. The first-order valence-electron chi connectivity index (χ1n) is 15.5. The molecule has 220 valence electrons. The van der Waals surface area contributed by atoms with E-state index in [9.17, 15) is 0 Å². The highest BCUT2D eigenvalue weighted by molar-refractivity contribution is 5.62. The van der Waals surface area contributed by atoms with E-state index >= 15 is 0 Å². The van der Waals surface area contributed by atoms with Crippen molar-refractivity contribution in [2.45, 2.75) is 176 Å². The van der Waals surface area contributed by atoms with Crippen LogP contribution in [-0.2, 0) is 45.3 Å². The van der Waals surface area contributed by atoms with E-state index in [0.29, 0.717) is 0 Å². The Balaban J connectivity index is 3.03. The monoisotopic (exact) mass is 533 g/mol. The molecule has 0 nitrogen and oxygen atoms in total. The zero-order chi connectivity index (χ0) is 30.6. The lowest BCUT2D eigenvalue weighted by Gasteiger charge is -2.46. The second kappa shape index (κ2) is 10.7. The molecule has 0 heterocycles. The molecule has 0 spiro atoms. The minimum atomic E-state index is 0.0508. The third-order valence-corrected chi connectivity index (χ3v) is 8.05. The summed E-state index contributed by atoms with van der Waals surface area (Å²) < 4.78 is 0. The van der Waals surface area contributed by atoms with Crippen molar-refractivity contribution in [2.24, 2.45) is 0 Å². The molecule has 0 heteroatoms. The van der Waals surface area contributed by atoms with E-state index in [1.807, 2.05) is 0 Å². The van der Waals surface area contributed by atoms with Crippen LogP contribution in [0.4, 0.5) is 0 Å². The summed E-state index contributed by atoms with van der Waals surface area (Å²) in [6.45, 7) is 43.7. The normalized spacial score (nSPS) is 14.2. The van der Waals surface area contributed by atoms with Gasteiger partial charge in [0.25, 0.3) is 0 Å². The van der Waals surface area contributed by atoms with E-state index in [4.69, 9.17) is 0 Å². The molecule has 0 N–H and O–H groups in total. The summed E-state index contributed by atoms with van der Waals surface area (Å²) in [5, 5.41) is 0. The van der Waals surface area contributed by atoms with Gasteiger partial charge in [-0.1, -0.05) is 149 Å². The first-order chi connectivity index (χ1) is 17.2. The lowest BCUT2D eigenvalue weighted by molar-refractivity contribution is 0.453. The van der Waals surface area contributed by atoms with Crippen molar-refractivity contribution < 1.29 is 0 Å². The van der Waals surface area contributed by atoms with Gasteiger partial charge in [0.15, 0.2) is 0 Å². The van der Waals surface area contributed by atoms with E-state index < -0.39 is 0 Å². The Kier molecular flexibility index (Phi) is 9.22. The van der Waals surface area contributed by atoms with Crippen LogP contribution < -0.4 is 0 Å². The van der Waals surface area contributed by atoms with Crippen LogP contribution in [0.25, 0.3) is 0 Å². The van der Waals surface area contributed by atoms with Crippen LogP contribution in [-0.4, -0.2) is 0 Å². The van der Waals surface area contributed by atoms with Crippen molar-refractivity contribution in [2.75, 3.05) is 0 Å². The quantitative estimate of drug-likeness (QED) is 0.367. The fraction of sp³-hybridized carbons (Fsp3) is 0.692. The summed E-state index contributed by atoms with van der Waals surface area (Å²) in [5.74, 6) is 0. The molecule has 39 heavy (non-hydrogen) atoms. The van der Waals surface area contributed by atoms with Gasteiger partial charge in [0.1, 0.15) is 0 Å². The van der Waals surface area contributed by atoms with Crippen molar-refractivity contribution in [3.05, 3.63) is 68.8 Å². The molecule has 0 bridgehead atoms. The molecule has 0 atom stereocenters. The maximum Gasteiger partial charge on any atom is -0.0126 e. The lowest BCUT2D eigenvalue weighted by Crippen LogP contribution is -2.37. The molecule has 0 radical (unpaired) electrons. The fourth-order valence-corrected chi connectivity index (χ4v) is 6.88. The first kappa shape index (κ1) is 33.6. The molecule has 2 aromatic rings. The Hall–Kier alpha value is -1.56. The minimum Gasteiger partial charge on any atom is -0.0620 e. The Labute approximate surface area is 244 Å². The molecule has 0 saturated carbocycles. The second-order valence-electron chi connectivity index (χ2n) is 18.4. The van der Waals surface area contributed by atoms with Crippen molar-refractivity contribution in [1.29, 1.82) is 0 Å². The minimum absolute atomic E-state index is 0.0508. The van der Waals surface area contributed by atoms with E-state index in [-0.39, 0.29) is 32.5 Å². The third kappa shape index (κ3) is 7.59. The zero-order valence-electron chi connectivity index (χ0n) is 29.4. The van der Waals surface area contributed by atoms with Crippen LogP contribution in [0.1, 0.15) is 176 Å². The van der Waals surface area contributed by atoms with E-state index in [1.54, 1.807) is 33.4 Å². The van der Waals surface area contributed by atoms with Crippen molar-refractivity contribution in [3.8, 4) is 0 Å². The molecule has 0 aliphatic heterocycles. The predicted molar refractivity (Wildman–Crippen MR) is 177 cm³/mol. The highest BCUT2D eigenvalue weighted by Crippen LogP contribution is 2.51. The standard InChI is InChI=1S/C39H64/c1-34(2,3)28-25-20-19-22-26(28)23-21-24-27-29(35(4,5)6)31(37(10,11)12)33(39(16,17)18)32(38(13,14)15)30(27)36(7,8)9/h19-20,22,25H,21,23-24H2,1-18H3. The Morgan fingerprint density at radius 2 is 0.718 bits per heavy atom. The SMILES string of the molecule is CC(C)(C)c1ccccc1CCCc1c(C(C)(C)C)c(C(C)(C)C)c(C(C)(C)C)c(C(C)(C)C)c1C(C)(C)C. The molecule has 0 unspecified atom stereocenters. The molecule has 2 aromatic carbocycles. The molecule has 0 amide bonds. The van der Waals surface area contributed by atoms with Gasteiger partial charge in [-0.3, -0.25) is 0 Å². The van der Waals surface area contributed by atoms with Gasteiger partial charge in [-0.25, -0.2) is 0 Å². The lowest BCUT2D eigenvalue weighted by atomic mass is 9.58. The second-order valence-corrected chi connectivity index (χ2v) is 18.4. The molecule has 0 aromatic heterocycles. The first-order valence-corrected chi connectivity index (χ1v) is 15.5. The summed E-state index contributed by atoms with van der Waals surface area (Å²) in [6, 6.07) is 9.12. The molecule has 0 saturated heterocycles. The highest BCUT2D eigenvalue weighted by Gasteiger charge is 2.42. The van der Waals surface area contributed by atoms with E-state index in [0.717, 1.165) is 12.8 Å². The maximum absolute atomic E-state index is 2.45. The average Bonchev–Trinajstić information content (AvgIpc) is 2.68. The fourth-order valence-electron chi connectivity index (χ4n) is 6.88. The Bertz CT molecular complexity index is 1090. The number of hydrogen-bond acceptors (Lipinski definition) is 0. The molecule has 0 aliphatic rings. The topological polar surface area (TPSA) is 0 Å². The third-order valence-electron chi connectivity index (χ3n) is 8.05. The summed E-state index contributed by atoms with van der Waals surface area (Å²) in [5.41, 5.74) is 13.1. The van der Waals surface area contributed by atoms with Crippen molar-refractivity contribution in [1.82, 2.24) is 0 Å². The van der Waals surface area contributed by atoms with Crippen LogP contribution in [0.5, 0.6) is 0 Å². The Morgan fingerprint density at radius 1 is 0.385 bits per heavy atom. The maximum atomic E-state index is 2.45. The molecular weight excluding hydrogens is 468 g/mol. The van der Waals surface area contributed by atoms with Crippen LogP contribution in [0, 0.1) is 0 Å². The average molecular weight is 533 g/mol. The largest absolute Gasteiger partial charge is 0.0620 e. The van der Waals surface area contributed by atoms with Gasteiger partial charge in [-0.05, 0) is 96.3 Å². The zero-order valence-corrected chi connectivity index (χ0v) is 29.4. The van der Waals surface area contributed by atoms with Gasteiger partial charge in [0.05, 0.1) is 0 Å². The molecular formula is C39H64. The van der Waals surface area contributed by atoms with Crippen molar-refractivity contribution in [3.63, 3.8) is 0 Å². The Morgan fingerprint density at radius 3 is 1.05 bits per heavy atom. The number of hydrogen-bond donors (Lipinski definition) is 0. The van der Waals surface area contributed by atoms with Gasteiger partial charge in [-0.2, -0.15) is 0 Å². The number of aryl methyl sites for hydroxylation is 1.